The highest BCUT2D eigenvalue weighted by Crippen LogP contribution is 2.35. The number of carbonyl (C=O) groups is 1. The third-order valence-electron chi connectivity index (χ3n) is 6.77. The minimum Gasteiger partial charge on any atom is -0.494 e. The lowest BCUT2D eigenvalue weighted by molar-refractivity contribution is -0.151. The number of carbonyl (C=O) groups excluding carboxylic acids is 1. The second-order valence-electron chi connectivity index (χ2n) is 10.1. The van der Waals surface area contributed by atoms with Gasteiger partial charge in [-0.05, 0) is 67.1 Å². The van der Waals surface area contributed by atoms with Crippen LogP contribution in [0.1, 0.15) is 84.1 Å². The Balaban J connectivity index is 1.73. The Morgan fingerprint density at radius 1 is 0.700 bits per heavy atom. The molecule has 0 aliphatic heterocycles. The van der Waals surface area contributed by atoms with Gasteiger partial charge in [-0.1, -0.05) is 101 Å². The molecular weight excluding hydrogens is 500 g/mol. The Morgan fingerprint density at radius 3 is 2.12 bits per heavy atom. The molecular formula is C35H46O5. The van der Waals surface area contributed by atoms with Crippen molar-refractivity contribution in [1.82, 2.24) is 0 Å². The van der Waals surface area contributed by atoms with E-state index in [2.05, 4.69) is 26.0 Å². The van der Waals surface area contributed by atoms with Crippen molar-refractivity contribution in [3.05, 3.63) is 78.4 Å². The first-order chi connectivity index (χ1) is 19.6. The van der Waals surface area contributed by atoms with E-state index in [-0.39, 0.29) is 5.97 Å². The van der Waals surface area contributed by atoms with Crippen molar-refractivity contribution >= 4 is 5.97 Å². The molecule has 3 aromatic rings. The normalized spacial score (nSPS) is 11.6. The first kappa shape index (κ1) is 31.1. The van der Waals surface area contributed by atoms with Crippen LogP contribution in [0.4, 0.5) is 0 Å². The third kappa shape index (κ3) is 10.6. The van der Waals surface area contributed by atoms with Gasteiger partial charge in [0.25, 0.3) is 0 Å². The Hall–Kier alpha value is -3.47. The van der Waals surface area contributed by atoms with Crippen LogP contribution < -0.4 is 14.2 Å². The van der Waals surface area contributed by atoms with Crippen LogP contribution in [-0.2, 0) is 16.1 Å². The molecule has 216 valence electrons. The second kappa shape index (κ2) is 18.0. The Labute approximate surface area is 240 Å². The lowest BCUT2D eigenvalue weighted by Crippen LogP contribution is -2.29. The monoisotopic (exact) mass is 546 g/mol. The molecule has 0 bridgehead atoms. The molecule has 0 radical (unpaired) electrons. The maximum Gasteiger partial charge on any atom is 0.347 e. The number of unbranched alkanes of at least 4 members (excludes halogenated alkanes) is 6. The first-order valence-corrected chi connectivity index (χ1v) is 15.0. The molecule has 0 aromatic heterocycles. The summed E-state index contributed by atoms with van der Waals surface area (Å²) in [6.45, 7) is 7.60. The molecule has 0 unspecified atom stereocenters. The van der Waals surface area contributed by atoms with E-state index in [1.54, 1.807) is 0 Å². The van der Waals surface area contributed by atoms with Gasteiger partial charge in [0.1, 0.15) is 12.4 Å². The smallest absolute Gasteiger partial charge is 0.347 e. The summed E-state index contributed by atoms with van der Waals surface area (Å²) in [7, 11) is 0. The lowest BCUT2D eigenvalue weighted by atomic mass is 10.0. The fourth-order valence-corrected chi connectivity index (χ4v) is 4.45. The van der Waals surface area contributed by atoms with Crippen molar-refractivity contribution in [1.29, 1.82) is 0 Å². The van der Waals surface area contributed by atoms with Gasteiger partial charge in [-0.2, -0.15) is 0 Å². The van der Waals surface area contributed by atoms with E-state index in [0.717, 1.165) is 48.3 Å². The van der Waals surface area contributed by atoms with E-state index in [4.69, 9.17) is 18.9 Å². The summed E-state index contributed by atoms with van der Waals surface area (Å²) < 4.78 is 23.8. The lowest BCUT2D eigenvalue weighted by Gasteiger charge is -2.20. The van der Waals surface area contributed by atoms with Crippen molar-refractivity contribution in [2.45, 2.75) is 91.3 Å². The molecule has 0 aliphatic carbocycles. The zero-order chi connectivity index (χ0) is 28.4. The van der Waals surface area contributed by atoms with Crippen LogP contribution in [0.2, 0.25) is 0 Å². The zero-order valence-corrected chi connectivity index (χ0v) is 24.5. The van der Waals surface area contributed by atoms with Gasteiger partial charge in [0.15, 0.2) is 17.6 Å². The molecule has 5 heteroatoms. The third-order valence-corrected chi connectivity index (χ3v) is 6.77. The van der Waals surface area contributed by atoms with Crippen LogP contribution in [0.3, 0.4) is 0 Å². The molecule has 3 rings (SSSR count). The predicted molar refractivity (Wildman–Crippen MR) is 162 cm³/mol. The molecule has 0 aliphatic rings. The quantitative estimate of drug-likeness (QED) is 0.111. The number of hydrogen-bond donors (Lipinski definition) is 0. The standard InChI is InChI=1S/C35H46O5/c1-4-7-9-10-11-15-25-38-31-22-19-29(20-23-31)30-21-24-32(39-27-28-16-13-12-14-17-28)34(26-30)40-33(18-8-5-2)35(36)37-6-3/h12-14,16-17,19-24,26,33H,4-11,15,18,25,27H2,1-3H3/t33-/m1/s1. The van der Waals surface area contributed by atoms with Gasteiger partial charge in [-0.3, -0.25) is 0 Å². The van der Waals surface area contributed by atoms with Crippen LogP contribution in [0.25, 0.3) is 11.1 Å². The average molecular weight is 547 g/mol. The van der Waals surface area contributed by atoms with Crippen molar-refractivity contribution < 1.29 is 23.7 Å². The summed E-state index contributed by atoms with van der Waals surface area (Å²) in [6, 6.07) is 24.0. The number of rotatable bonds is 19. The van der Waals surface area contributed by atoms with Gasteiger partial charge in [0, 0.05) is 0 Å². The van der Waals surface area contributed by atoms with E-state index in [1.165, 1.54) is 32.1 Å². The molecule has 0 fully saturated rings. The molecule has 0 saturated heterocycles. The molecule has 0 heterocycles. The van der Waals surface area contributed by atoms with Gasteiger partial charge < -0.3 is 18.9 Å². The van der Waals surface area contributed by atoms with Crippen LogP contribution in [0.15, 0.2) is 72.8 Å². The van der Waals surface area contributed by atoms with Crippen LogP contribution >= 0.6 is 0 Å². The molecule has 5 nitrogen and oxygen atoms in total. The van der Waals surface area contributed by atoms with Gasteiger partial charge in [-0.25, -0.2) is 4.79 Å². The second-order valence-corrected chi connectivity index (χ2v) is 10.1. The van der Waals surface area contributed by atoms with E-state index >= 15 is 0 Å². The minimum atomic E-state index is -0.688. The van der Waals surface area contributed by atoms with Crippen LogP contribution in [0.5, 0.6) is 17.2 Å². The topological polar surface area (TPSA) is 54.0 Å². The summed E-state index contributed by atoms with van der Waals surface area (Å²) in [5.41, 5.74) is 3.07. The molecule has 40 heavy (non-hydrogen) atoms. The van der Waals surface area contributed by atoms with E-state index in [1.807, 2.05) is 67.6 Å². The summed E-state index contributed by atoms with van der Waals surface area (Å²) >= 11 is 0. The fraction of sp³-hybridized carbons (Fsp3) is 0.457. The van der Waals surface area contributed by atoms with E-state index < -0.39 is 6.10 Å². The summed E-state index contributed by atoms with van der Waals surface area (Å²) in [5, 5.41) is 0. The largest absolute Gasteiger partial charge is 0.494 e. The van der Waals surface area contributed by atoms with Gasteiger partial charge in [0.05, 0.1) is 13.2 Å². The van der Waals surface area contributed by atoms with Crippen molar-refractivity contribution in [2.75, 3.05) is 13.2 Å². The highest BCUT2D eigenvalue weighted by atomic mass is 16.6. The summed E-state index contributed by atoms with van der Waals surface area (Å²) in [6.07, 6.45) is 9.19. The summed E-state index contributed by atoms with van der Waals surface area (Å²) in [5.74, 6) is 1.66. The molecule has 0 spiro atoms. The van der Waals surface area contributed by atoms with Crippen LogP contribution in [0, 0.1) is 0 Å². The highest BCUT2D eigenvalue weighted by molar-refractivity contribution is 5.75. The Morgan fingerprint density at radius 2 is 1.40 bits per heavy atom. The fourth-order valence-electron chi connectivity index (χ4n) is 4.45. The molecule has 3 aromatic carbocycles. The molecule has 0 saturated carbocycles. The molecule has 1 atom stereocenters. The Bertz CT molecular complexity index is 1110. The van der Waals surface area contributed by atoms with E-state index in [9.17, 15) is 4.79 Å². The maximum atomic E-state index is 12.7. The maximum absolute atomic E-state index is 12.7. The zero-order valence-electron chi connectivity index (χ0n) is 24.5. The number of benzene rings is 3. The molecule has 0 N–H and O–H groups in total. The van der Waals surface area contributed by atoms with Crippen molar-refractivity contribution in [3.63, 3.8) is 0 Å². The van der Waals surface area contributed by atoms with Crippen LogP contribution in [-0.4, -0.2) is 25.3 Å². The highest BCUT2D eigenvalue weighted by Gasteiger charge is 2.23. The number of hydrogen-bond acceptors (Lipinski definition) is 5. The number of esters is 1. The number of ether oxygens (including phenoxy) is 4. The van der Waals surface area contributed by atoms with Crippen molar-refractivity contribution in [2.24, 2.45) is 0 Å². The molecule has 0 amide bonds. The van der Waals surface area contributed by atoms with Gasteiger partial charge in [-0.15, -0.1) is 0 Å². The average Bonchev–Trinajstić information content (AvgIpc) is 2.99. The SMILES string of the molecule is CCCCCCCCOc1ccc(-c2ccc(OCc3ccccc3)c(O[C@H](CCCC)C(=O)OCC)c2)cc1. The van der Waals surface area contributed by atoms with Crippen molar-refractivity contribution in [3.8, 4) is 28.4 Å². The Kier molecular flexibility index (Phi) is 14.0. The predicted octanol–water partition coefficient (Wildman–Crippen LogP) is 9.17. The van der Waals surface area contributed by atoms with E-state index in [0.29, 0.717) is 31.1 Å². The van der Waals surface area contributed by atoms with Gasteiger partial charge >= 0.3 is 5.97 Å². The first-order valence-electron chi connectivity index (χ1n) is 15.0. The summed E-state index contributed by atoms with van der Waals surface area (Å²) in [4.78, 5) is 12.7. The van der Waals surface area contributed by atoms with Gasteiger partial charge in [0.2, 0.25) is 0 Å². The minimum absolute atomic E-state index is 0.315.